The van der Waals surface area contributed by atoms with Gasteiger partial charge in [-0.2, -0.15) is 0 Å². The van der Waals surface area contributed by atoms with Gasteiger partial charge in [0.15, 0.2) is 0 Å². The van der Waals surface area contributed by atoms with E-state index in [1.54, 1.807) is 12.1 Å². The predicted molar refractivity (Wildman–Crippen MR) is 75.5 cm³/mol. The summed E-state index contributed by atoms with van der Waals surface area (Å²) in [5, 5.41) is 14.7. The topological polar surface area (TPSA) is 55.2 Å². The maximum absolute atomic E-state index is 11.0. The lowest BCUT2D eigenvalue weighted by molar-refractivity contribution is -0.383. The normalized spacial score (nSPS) is 18.6. The minimum Gasteiger partial charge on any atom is -0.379 e. The number of hydrogen-bond donors (Lipinski definition) is 1. The van der Waals surface area contributed by atoms with E-state index >= 15 is 0 Å². The predicted octanol–water partition coefficient (Wildman–Crippen LogP) is 4.10. The summed E-state index contributed by atoms with van der Waals surface area (Å²) in [7, 11) is 0. The summed E-state index contributed by atoms with van der Waals surface area (Å²) >= 11 is 5.81. The number of nitro benzene ring substituents is 1. The molecule has 5 heteroatoms. The van der Waals surface area contributed by atoms with Gasteiger partial charge in [-0.05, 0) is 55.6 Å². The molecule has 0 atom stereocenters. The number of nitrogens with zero attached hydrogens (tertiary/aromatic N) is 1. The van der Waals surface area contributed by atoms with Crippen molar-refractivity contribution in [2.75, 3.05) is 11.9 Å². The van der Waals surface area contributed by atoms with Gasteiger partial charge in [-0.25, -0.2) is 0 Å². The first-order valence-electron chi connectivity index (χ1n) is 6.83. The standard InChI is InChI=1S/C14H17ClN2O2/c15-11-5-6-13(14(7-11)17(18)19)16-8-12(9-1-2-9)10-3-4-10/h5-7,9-10,12,16H,1-4,8H2. The fourth-order valence-electron chi connectivity index (χ4n) is 2.80. The zero-order valence-corrected chi connectivity index (χ0v) is 11.4. The second-order valence-corrected chi connectivity index (χ2v) is 6.07. The molecule has 4 nitrogen and oxygen atoms in total. The van der Waals surface area contributed by atoms with Gasteiger partial charge in [0.1, 0.15) is 5.69 Å². The Bertz CT molecular complexity index is 486. The maximum atomic E-state index is 11.0. The van der Waals surface area contributed by atoms with Crippen LogP contribution in [-0.4, -0.2) is 11.5 Å². The molecule has 19 heavy (non-hydrogen) atoms. The molecule has 0 heterocycles. The van der Waals surface area contributed by atoms with Gasteiger partial charge in [-0.3, -0.25) is 10.1 Å². The van der Waals surface area contributed by atoms with Gasteiger partial charge < -0.3 is 5.32 Å². The van der Waals surface area contributed by atoms with Crippen LogP contribution >= 0.6 is 11.6 Å². The van der Waals surface area contributed by atoms with Crippen LogP contribution in [0.25, 0.3) is 0 Å². The average molecular weight is 281 g/mol. The molecule has 2 aliphatic rings. The van der Waals surface area contributed by atoms with Crippen LogP contribution in [0, 0.1) is 27.9 Å². The number of benzene rings is 1. The third-order valence-corrected chi connectivity index (χ3v) is 4.37. The van der Waals surface area contributed by atoms with Crippen LogP contribution in [0.3, 0.4) is 0 Å². The second-order valence-electron chi connectivity index (χ2n) is 5.64. The molecule has 0 aromatic heterocycles. The van der Waals surface area contributed by atoms with Crippen molar-refractivity contribution >= 4 is 23.0 Å². The molecule has 1 aromatic rings. The first kappa shape index (κ1) is 12.7. The molecule has 0 bridgehead atoms. The number of nitro groups is 1. The van der Waals surface area contributed by atoms with Crippen molar-refractivity contribution in [1.29, 1.82) is 0 Å². The van der Waals surface area contributed by atoms with E-state index in [9.17, 15) is 10.1 Å². The Morgan fingerprint density at radius 1 is 1.32 bits per heavy atom. The van der Waals surface area contributed by atoms with Crippen molar-refractivity contribution in [3.63, 3.8) is 0 Å². The Balaban J connectivity index is 1.70. The van der Waals surface area contributed by atoms with Gasteiger partial charge in [0.25, 0.3) is 5.69 Å². The van der Waals surface area contributed by atoms with Gasteiger partial charge >= 0.3 is 0 Å². The zero-order chi connectivity index (χ0) is 13.4. The molecule has 0 saturated heterocycles. The molecule has 0 radical (unpaired) electrons. The largest absolute Gasteiger partial charge is 0.379 e. The fourth-order valence-corrected chi connectivity index (χ4v) is 2.97. The van der Waals surface area contributed by atoms with E-state index in [0.717, 1.165) is 18.4 Å². The van der Waals surface area contributed by atoms with Gasteiger partial charge in [-0.15, -0.1) is 0 Å². The molecule has 1 N–H and O–H groups in total. The molecule has 102 valence electrons. The minimum atomic E-state index is -0.378. The molecular formula is C14H17ClN2O2. The van der Waals surface area contributed by atoms with Gasteiger partial charge in [-0.1, -0.05) is 11.6 Å². The highest BCUT2D eigenvalue weighted by atomic mass is 35.5. The van der Waals surface area contributed by atoms with Crippen LogP contribution in [0.15, 0.2) is 18.2 Å². The Morgan fingerprint density at radius 3 is 2.47 bits per heavy atom. The van der Waals surface area contributed by atoms with Gasteiger partial charge in [0, 0.05) is 17.6 Å². The van der Waals surface area contributed by atoms with Crippen LogP contribution in [0.5, 0.6) is 0 Å². The first-order chi connectivity index (χ1) is 9.15. The molecule has 0 spiro atoms. The van der Waals surface area contributed by atoms with Gasteiger partial charge in [0.05, 0.1) is 4.92 Å². The summed E-state index contributed by atoms with van der Waals surface area (Å²) < 4.78 is 0. The van der Waals surface area contributed by atoms with Crippen molar-refractivity contribution in [3.8, 4) is 0 Å². The van der Waals surface area contributed by atoms with Crippen molar-refractivity contribution in [2.24, 2.45) is 17.8 Å². The quantitative estimate of drug-likeness (QED) is 0.630. The molecule has 3 rings (SSSR count). The van der Waals surface area contributed by atoms with Gasteiger partial charge in [0.2, 0.25) is 0 Å². The van der Waals surface area contributed by atoms with E-state index in [0.29, 0.717) is 16.6 Å². The molecule has 2 fully saturated rings. The Morgan fingerprint density at radius 2 is 1.95 bits per heavy atom. The molecule has 0 amide bonds. The lowest BCUT2D eigenvalue weighted by atomic mass is 9.98. The second kappa shape index (κ2) is 5.00. The Kier molecular flexibility index (Phi) is 3.35. The molecule has 2 saturated carbocycles. The highest BCUT2D eigenvalue weighted by Gasteiger charge is 2.41. The highest BCUT2D eigenvalue weighted by molar-refractivity contribution is 6.30. The summed E-state index contributed by atoms with van der Waals surface area (Å²) in [6, 6.07) is 4.81. The number of rotatable bonds is 6. The van der Waals surface area contributed by atoms with Crippen molar-refractivity contribution in [2.45, 2.75) is 25.7 Å². The highest BCUT2D eigenvalue weighted by Crippen LogP contribution is 2.49. The number of hydrogen-bond acceptors (Lipinski definition) is 3. The van der Waals surface area contributed by atoms with Crippen LogP contribution in [-0.2, 0) is 0 Å². The number of anilines is 1. The average Bonchev–Trinajstić information content (AvgIpc) is 3.25. The number of nitrogens with one attached hydrogen (secondary N) is 1. The smallest absolute Gasteiger partial charge is 0.293 e. The molecule has 1 aromatic carbocycles. The van der Waals surface area contributed by atoms with Crippen LogP contribution < -0.4 is 5.32 Å². The van der Waals surface area contributed by atoms with Crippen molar-refractivity contribution < 1.29 is 4.92 Å². The molecule has 0 aliphatic heterocycles. The summed E-state index contributed by atoms with van der Waals surface area (Å²) in [6.45, 7) is 0.845. The van der Waals surface area contributed by atoms with E-state index < -0.39 is 0 Å². The third-order valence-electron chi connectivity index (χ3n) is 4.14. The number of halogens is 1. The fraction of sp³-hybridized carbons (Fsp3) is 0.571. The Labute approximate surface area is 117 Å². The SMILES string of the molecule is O=[N+]([O-])c1cc(Cl)ccc1NCC(C1CC1)C1CC1. The van der Waals surface area contributed by atoms with E-state index in [-0.39, 0.29) is 10.6 Å². The van der Waals surface area contributed by atoms with E-state index in [1.807, 2.05) is 0 Å². The van der Waals surface area contributed by atoms with Crippen LogP contribution in [0.1, 0.15) is 25.7 Å². The molecule has 2 aliphatic carbocycles. The summed E-state index contributed by atoms with van der Waals surface area (Å²) in [5.74, 6) is 2.37. The van der Waals surface area contributed by atoms with E-state index in [1.165, 1.54) is 31.7 Å². The zero-order valence-electron chi connectivity index (χ0n) is 10.6. The summed E-state index contributed by atoms with van der Waals surface area (Å²) in [5.41, 5.74) is 0.651. The van der Waals surface area contributed by atoms with E-state index in [4.69, 9.17) is 11.6 Å². The maximum Gasteiger partial charge on any atom is 0.293 e. The summed E-state index contributed by atoms with van der Waals surface area (Å²) in [6.07, 6.45) is 5.30. The van der Waals surface area contributed by atoms with E-state index in [2.05, 4.69) is 5.32 Å². The Hall–Kier alpha value is -1.29. The molecule has 0 unspecified atom stereocenters. The minimum absolute atomic E-state index is 0.0674. The van der Waals surface area contributed by atoms with Crippen LogP contribution in [0.2, 0.25) is 5.02 Å². The molecular weight excluding hydrogens is 264 g/mol. The monoisotopic (exact) mass is 280 g/mol. The lowest BCUT2D eigenvalue weighted by Gasteiger charge is -2.17. The third kappa shape index (κ3) is 3.00. The lowest BCUT2D eigenvalue weighted by Crippen LogP contribution is -2.18. The van der Waals surface area contributed by atoms with Crippen LogP contribution in [0.4, 0.5) is 11.4 Å². The summed E-state index contributed by atoms with van der Waals surface area (Å²) in [4.78, 5) is 10.6. The van der Waals surface area contributed by atoms with Crippen molar-refractivity contribution in [3.05, 3.63) is 33.3 Å². The first-order valence-corrected chi connectivity index (χ1v) is 7.21. The van der Waals surface area contributed by atoms with Crippen molar-refractivity contribution in [1.82, 2.24) is 0 Å².